The third-order valence-corrected chi connectivity index (χ3v) is 1.33. The van der Waals surface area contributed by atoms with Crippen molar-refractivity contribution in [1.29, 1.82) is 0 Å². The van der Waals surface area contributed by atoms with Gasteiger partial charge in [0, 0.05) is 5.26 Å². The van der Waals surface area contributed by atoms with Crippen LogP contribution in [0.3, 0.4) is 0 Å². The minimum atomic E-state index is 0.333. The van der Waals surface area contributed by atoms with Crippen molar-refractivity contribution in [3.8, 4) is 5.75 Å². The van der Waals surface area contributed by atoms with E-state index in [-0.39, 0.29) is 0 Å². The molecule has 1 aromatic rings. The Morgan fingerprint density at radius 1 is 1.60 bits per heavy atom. The lowest BCUT2D eigenvalue weighted by Gasteiger charge is -1.95. The van der Waals surface area contributed by atoms with Gasteiger partial charge in [0.05, 0.1) is 0 Å². The summed E-state index contributed by atoms with van der Waals surface area (Å²) in [5.74, 6) is 0.333. The summed E-state index contributed by atoms with van der Waals surface area (Å²) in [5.41, 5.74) is 1.06. The Kier molecular flexibility index (Phi) is 2.29. The highest BCUT2D eigenvalue weighted by Crippen LogP contribution is 2.11. The van der Waals surface area contributed by atoms with E-state index in [1.165, 1.54) is 6.07 Å². The van der Waals surface area contributed by atoms with Crippen molar-refractivity contribution < 1.29 is 10.1 Å². The first kappa shape index (κ1) is 7.09. The summed E-state index contributed by atoms with van der Waals surface area (Å²) < 4.78 is 0. The van der Waals surface area contributed by atoms with E-state index in [1.54, 1.807) is 6.07 Å². The molecule has 1 aromatic carbocycles. The van der Waals surface area contributed by atoms with Crippen molar-refractivity contribution in [3.63, 3.8) is 0 Å². The molecule has 52 valence electrons. The second kappa shape index (κ2) is 3.22. The number of hydrogen-bond acceptors (Lipinski definition) is 1. The molecular weight excluding hydrogens is 128 g/mol. The van der Waals surface area contributed by atoms with E-state index in [0.29, 0.717) is 5.75 Å². The van der Waals surface area contributed by atoms with Crippen LogP contribution in [0.5, 0.6) is 5.75 Å². The van der Waals surface area contributed by atoms with Crippen LogP contribution in [0.15, 0.2) is 18.2 Å². The minimum absolute atomic E-state index is 0.333. The molecule has 0 bridgehead atoms. The van der Waals surface area contributed by atoms with Crippen LogP contribution >= 0.6 is 0 Å². The van der Waals surface area contributed by atoms with Crippen molar-refractivity contribution in [2.24, 2.45) is 0 Å². The van der Waals surface area contributed by atoms with E-state index in [9.17, 15) is 5.26 Å². The maximum absolute atomic E-state index is 9.88. The quantitative estimate of drug-likeness (QED) is 0.450. The molecule has 0 saturated carbocycles. The Morgan fingerprint density at radius 2 is 2.40 bits per heavy atom. The van der Waals surface area contributed by atoms with Crippen LogP contribution in [0.1, 0.15) is 12.5 Å². The second-order valence-electron chi connectivity index (χ2n) is 2.01. The highest BCUT2D eigenvalue weighted by atomic mass is 17.1. The fraction of sp³-hybridized carbons (Fsp3) is 0.250. The van der Waals surface area contributed by atoms with E-state index in [2.05, 4.69) is 11.0 Å². The predicted octanol–water partition coefficient (Wildman–Crippen LogP) is 1.77. The van der Waals surface area contributed by atoms with Gasteiger partial charge in [-0.25, -0.2) is 0 Å². The van der Waals surface area contributed by atoms with Gasteiger partial charge in [0.25, 0.3) is 0 Å². The molecule has 0 atom stereocenters. The molecule has 0 spiro atoms. The van der Waals surface area contributed by atoms with Gasteiger partial charge in [-0.05, 0) is 30.2 Å². The molecule has 0 aliphatic carbocycles. The smallest absolute Gasteiger partial charge is 0.169 e. The average molecular weight is 136 g/mol. The van der Waals surface area contributed by atoms with E-state index in [1.807, 2.05) is 13.0 Å². The zero-order chi connectivity index (χ0) is 7.40. The molecule has 2 radical (unpaired) electrons. The molecule has 0 aromatic heterocycles. The SMILES string of the molecule is CCc1c[c]cc(O[O])c1. The standard InChI is InChI=1S/C8H8O2/c1-2-7-4-3-5-8(6-7)10-9/h4-6H,2H2,1H3. The molecule has 0 aliphatic heterocycles. The lowest BCUT2D eigenvalue weighted by atomic mass is 10.2. The van der Waals surface area contributed by atoms with Crippen LogP contribution in [-0.4, -0.2) is 0 Å². The van der Waals surface area contributed by atoms with Crippen LogP contribution in [0.25, 0.3) is 0 Å². The van der Waals surface area contributed by atoms with Gasteiger partial charge in [-0.3, -0.25) is 0 Å². The molecule has 0 unspecified atom stereocenters. The second-order valence-corrected chi connectivity index (χ2v) is 2.01. The van der Waals surface area contributed by atoms with E-state index in [4.69, 9.17) is 0 Å². The number of benzene rings is 1. The zero-order valence-electron chi connectivity index (χ0n) is 5.76. The molecule has 0 heterocycles. The van der Waals surface area contributed by atoms with Crippen LogP contribution < -0.4 is 4.89 Å². The van der Waals surface area contributed by atoms with Crippen molar-refractivity contribution in [2.45, 2.75) is 13.3 Å². The molecule has 0 N–H and O–H groups in total. The topological polar surface area (TPSA) is 29.1 Å². The molecule has 0 aliphatic rings. The molecular formula is C8H8O2. The van der Waals surface area contributed by atoms with E-state index in [0.717, 1.165) is 12.0 Å². The molecule has 2 nitrogen and oxygen atoms in total. The van der Waals surface area contributed by atoms with E-state index < -0.39 is 0 Å². The Balaban J connectivity index is 2.87. The first-order chi connectivity index (χ1) is 4.86. The monoisotopic (exact) mass is 136 g/mol. The van der Waals surface area contributed by atoms with Crippen LogP contribution in [0.4, 0.5) is 0 Å². The first-order valence-electron chi connectivity index (χ1n) is 3.16. The number of rotatable bonds is 2. The van der Waals surface area contributed by atoms with Crippen molar-refractivity contribution in [3.05, 3.63) is 29.8 Å². The normalized spacial score (nSPS) is 9.40. The van der Waals surface area contributed by atoms with Gasteiger partial charge in [0.15, 0.2) is 5.75 Å². The summed E-state index contributed by atoms with van der Waals surface area (Å²) >= 11 is 0. The van der Waals surface area contributed by atoms with Crippen molar-refractivity contribution in [2.75, 3.05) is 0 Å². The molecule has 0 fully saturated rings. The fourth-order valence-electron chi connectivity index (χ4n) is 0.749. The van der Waals surface area contributed by atoms with Gasteiger partial charge < -0.3 is 4.89 Å². The number of aryl methyl sites for hydroxylation is 1. The highest BCUT2D eigenvalue weighted by Gasteiger charge is 1.93. The van der Waals surface area contributed by atoms with E-state index >= 15 is 0 Å². The minimum Gasteiger partial charge on any atom is -0.305 e. The van der Waals surface area contributed by atoms with Crippen molar-refractivity contribution >= 4 is 0 Å². The van der Waals surface area contributed by atoms with Gasteiger partial charge >= 0.3 is 0 Å². The molecule has 2 heteroatoms. The third kappa shape index (κ3) is 1.48. The summed E-state index contributed by atoms with van der Waals surface area (Å²) in [6.07, 6.45) is 0.897. The summed E-state index contributed by atoms with van der Waals surface area (Å²) in [4.78, 5) is 3.78. The summed E-state index contributed by atoms with van der Waals surface area (Å²) in [7, 11) is 0. The van der Waals surface area contributed by atoms with Gasteiger partial charge in [-0.1, -0.05) is 13.0 Å². The predicted molar refractivity (Wildman–Crippen MR) is 36.0 cm³/mol. The fourth-order valence-corrected chi connectivity index (χ4v) is 0.749. The maximum Gasteiger partial charge on any atom is 0.169 e. The maximum atomic E-state index is 9.88. The summed E-state index contributed by atoms with van der Waals surface area (Å²) in [5, 5.41) is 9.88. The van der Waals surface area contributed by atoms with Crippen molar-refractivity contribution in [1.82, 2.24) is 0 Å². The zero-order valence-corrected chi connectivity index (χ0v) is 5.76. The number of hydrogen-bond donors (Lipinski definition) is 0. The lowest BCUT2D eigenvalue weighted by molar-refractivity contribution is -0.208. The van der Waals surface area contributed by atoms with Gasteiger partial charge in [-0.15, -0.1) is 0 Å². The molecule has 0 saturated heterocycles. The molecule has 1 rings (SSSR count). The Labute approximate surface area is 60.0 Å². The molecule has 10 heavy (non-hydrogen) atoms. The Morgan fingerprint density at radius 3 is 3.00 bits per heavy atom. The Hall–Kier alpha value is -1.02. The highest BCUT2D eigenvalue weighted by molar-refractivity contribution is 5.26. The van der Waals surface area contributed by atoms with Gasteiger partial charge in [-0.2, -0.15) is 0 Å². The first-order valence-corrected chi connectivity index (χ1v) is 3.16. The summed E-state index contributed by atoms with van der Waals surface area (Å²) in [6, 6.07) is 7.87. The molecule has 0 amide bonds. The summed E-state index contributed by atoms with van der Waals surface area (Å²) in [6.45, 7) is 2.01. The van der Waals surface area contributed by atoms with Crippen LogP contribution in [-0.2, 0) is 11.7 Å². The third-order valence-electron chi connectivity index (χ3n) is 1.33. The Bertz CT molecular complexity index is 189. The van der Waals surface area contributed by atoms with Gasteiger partial charge in [0.1, 0.15) is 0 Å². The van der Waals surface area contributed by atoms with Crippen LogP contribution in [0.2, 0.25) is 0 Å². The van der Waals surface area contributed by atoms with Crippen LogP contribution in [0, 0.1) is 6.07 Å². The largest absolute Gasteiger partial charge is 0.305 e. The lowest BCUT2D eigenvalue weighted by Crippen LogP contribution is -1.83. The average Bonchev–Trinajstić information content (AvgIpc) is 2.05. The van der Waals surface area contributed by atoms with Gasteiger partial charge in [0.2, 0.25) is 0 Å².